The van der Waals surface area contributed by atoms with E-state index in [0.717, 1.165) is 28.3 Å². The van der Waals surface area contributed by atoms with Gasteiger partial charge in [-0.15, -0.1) is 0 Å². The molecule has 0 bridgehead atoms. The van der Waals surface area contributed by atoms with Crippen LogP contribution in [0.4, 0.5) is 0 Å². The summed E-state index contributed by atoms with van der Waals surface area (Å²) in [5, 5.41) is 0. The molecular weight excluding hydrogens is 266 g/mol. The SMILES string of the molecule is Cc1cc(Br)c(OCC2CC2)c(C(C)N)c1. The monoisotopic (exact) mass is 283 g/mol. The number of hydrogen-bond donors (Lipinski definition) is 1. The van der Waals surface area contributed by atoms with Gasteiger partial charge < -0.3 is 10.5 Å². The number of aryl methyl sites for hydroxylation is 1. The molecule has 3 heteroatoms. The topological polar surface area (TPSA) is 35.2 Å². The third-order valence-electron chi connectivity index (χ3n) is 2.87. The van der Waals surface area contributed by atoms with Gasteiger partial charge in [0.25, 0.3) is 0 Å². The molecule has 1 unspecified atom stereocenters. The molecule has 16 heavy (non-hydrogen) atoms. The quantitative estimate of drug-likeness (QED) is 0.917. The fraction of sp³-hybridized carbons (Fsp3) is 0.538. The van der Waals surface area contributed by atoms with Gasteiger partial charge in [0.15, 0.2) is 0 Å². The van der Waals surface area contributed by atoms with Crippen LogP contribution in [0.15, 0.2) is 16.6 Å². The van der Waals surface area contributed by atoms with Crippen molar-refractivity contribution in [3.05, 3.63) is 27.7 Å². The van der Waals surface area contributed by atoms with Crippen LogP contribution in [0.25, 0.3) is 0 Å². The molecule has 0 spiro atoms. The Morgan fingerprint density at radius 1 is 1.50 bits per heavy atom. The lowest BCUT2D eigenvalue weighted by Crippen LogP contribution is -2.10. The van der Waals surface area contributed by atoms with Gasteiger partial charge in [-0.1, -0.05) is 6.07 Å². The molecule has 2 rings (SSSR count). The molecule has 0 saturated heterocycles. The zero-order chi connectivity index (χ0) is 11.7. The second kappa shape index (κ2) is 4.76. The molecule has 0 aromatic heterocycles. The van der Waals surface area contributed by atoms with Crippen LogP contribution in [0.1, 0.15) is 36.9 Å². The van der Waals surface area contributed by atoms with Crippen LogP contribution in [0.5, 0.6) is 5.75 Å². The van der Waals surface area contributed by atoms with Crippen LogP contribution in [-0.2, 0) is 0 Å². The Balaban J connectivity index is 2.24. The number of hydrogen-bond acceptors (Lipinski definition) is 2. The summed E-state index contributed by atoms with van der Waals surface area (Å²) in [6.07, 6.45) is 2.61. The van der Waals surface area contributed by atoms with E-state index in [1.807, 2.05) is 6.92 Å². The summed E-state index contributed by atoms with van der Waals surface area (Å²) < 4.78 is 6.90. The second-order valence-electron chi connectivity index (χ2n) is 4.71. The first-order valence-corrected chi connectivity index (χ1v) is 6.55. The maximum atomic E-state index is 5.97. The standard InChI is InChI=1S/C13H18BrNO/c1-8-5-11(9(2)15)13(12(14)6-8)16-7-10-3-4-10/h5-6,9-10H,3-4,7,15H2,1-2H3. The minimum atomic E-state index is 0.00500. The Hall–Kier alpha value is -0.540. The summed E-state index contributed by atoms with van der Waals surface area (Å²) in [6, 6.07) is 4.19. The molecule has 1 aromatic rings. The minimum absolute atomic E-state index is 0.00500. The van der Waals surface area contributed by atoms with Crippen LogP contribution in [0.2, 0.25) is 0 Å². The summed E-state index contributed by atoms with van der Waals surface area (Å²) in [5.74, 6) is 1.68. The van der Waals surface area contributed by atoms with Gasteiger partial charge in [0, 0.05) is 11.6 Å². The number of nitrogens with two attached hydrogens (primary N) is 1. The zero-order valence-corrected chi connectivity index (χ0v) is 11.4. The summed E-state index contributed by atoms with van der Waals surface area (Å²) in [6.45, 7) is 4.88. The van der Waals surface area contributed by atoms with Gasteiger partial charge in [0.1, 0.15) is 5.75 Å². The highest BCUT2D eigenvalue weighted by molar-refractivity contribution is 9.10. The largest absolute Gasteiger partial charge is 0.492 e. The van der Waals surface area contributed by atoms with Crippen molar-refractivity contribution in [3.63, 3.8) is 0 Å². The van der Waals surface area contributed by atoms with Crippen molar-refractivity contribution < 1.29 is 4.74 Å². The van der Waals surface area contributed by atoms with Crippen molar-refractivity contribution in [2.24, 2.45) is 11.7 Å². The lowest BCUT2D eigenvalue weighted by Gasteiger charge is -2.16. The van der Waals surface area contributed by atoms with E-state index in [0.29, 0.717) is 0 Å². The molecule has 1 aliphatic carbocycles. The highest BCUT2D eigenvalue weighted by atomic mass is 79.9. The molecule has 1 aliphatic rings. The van der Waals surface area contributed by atoms with E-state index < -0.39 is 0 Å². The minimum Gasteiger partial charge on any atom is -0.492 e. The van der Waals surface area contributed by atoms with Gasteiger partial charge in [-0.2, -0.15) is 0 Å². The molecule has 1 fully saturated rings. The van der Waals surface area contributed by atoms with Gasteiger partial charge in [-0.05, 0) is 60.2 Å². The predicted molar refractivity (Wildman–Crippen MR) is 69.7 cm³/mol. The first-order valence-electron chi connectivity index (χ1n) is 5.76. The third kappa shape index (κ3) is 2.77. The van der Waals surface area contributed by atoms with Gasteiger partial charge in [-0.25, -0.2) is 0 Å². The highest BCUT2D eigenvalue weighted by Gasteiger charge is 2.23. The average Bonchev–Trinajstić information content (AvgIpc) is 2.98. The summed E-state index contributed by atoms with van der Waals surface area (Å²) in [4.78, 5) is 0. The number of halogens is 1. The fourth-order valence-electron chi connectivity index (χ4n) is 1.73. The maximum absolute atomic E-state index is 5.97. The van der Waals surface area contributed by atoms with E-state index in [4.69, 9.17) is 10.5 Å². The van der Waals surface area contributed by atoms with E-state index in [-0.39, 0.29) is 6.04 Å². The van der Waals surface area contributed by atoms with Crippen LogP contribution in [0.3, 0.4) is 0 Å². The lowest BCUT2D eigenvalue weighted by molar-refractivity contribution is 0.293. The Labute approximate surface area is 105 Å². The Morgan fingerprint density at radius 3 is 2.75 bits per heavy atom. The van der Waals surface area contributed by atoms with Crippen LogP contribution >= 0.6 is 15.9 Å². The average molecular weight is 284 g/mol. The zero-order valence-electron chi connectivity index (χ0n) is 9.79. The summed E-state index contributed by atoms with van der Waals surface area (Å²) in [7, 11) is 0. The normalized spacial score (nSPS) is 17.2. The first-order chi connectivity index (χ1) is 7.58. The Bertz CT molecular complexity index is 386. The second-order valence-corrected chi connectivity index (χ2v) is 5.56. The van der Waals surface area contributed by atoms with Crippen molar-refractivity contribution in [2.75, 3.05) is 6.61 Å². The number of ether oxygens (including phenoxy) is 1. The molecule has 0 radical (unpaired) electrons. The van der Waals surface area contributed by atoms with E-state index in [9.17, 15) is 0 Å². The molecule has 1 aromatic carbocycles. The lowest BCUT2D eigenvalue weighted by atomic mass is 10.1. The maximum Gasteiger partial charge on any atom is 0.138 e. The highest BCUT2D eigenvalue weighted by Crippen LogP contribution is 2.36. The fourth-order valence-corrected chi connectivity index (χ4v) is 2.44. The van der Waals surface area contributed by atoms with E-state index in [1.54, 1.807) is 0 Å². The van der Waals surface area contributed by atoms with E-state index in [2.05, 4.69) is 35.0 Å². The van der Waals surface area contributed by atoms with Gasteiger partial charge >= 0.3 is 0 Å². The molecule has 1 saturated carbocycles. The van der Waals surface area contributed by atoms with E-state index in [1.165, 1.54) is 18.4 Å². The molecule has 0 aliphatic heterocycles. The third-order valence-corrected chi connectivity index (χ3v) is 3.46. The predicted octanol–water partition coefficient (Wildman–Crippen LogP) is 3.57. The summed E-state index contributed by atoms with van der Waals surface area (Å²) >= 11 is 3.56. The van der Waals surface area contributed by atoms with Crippen LogP contribution in [0, 0.1) is 12.8 Å². The van der Waals surface area contributed by atoms with Crippen LogP contribution in [-0.4, -0.2) is 6.61 Å². The molecular formula is C13H18BrNO. The van der Waals surface area contributed by atoms with Gasteiger partial charge in [0.05, 0.1) is 11.1 Å². The molecule has 1 atom stereocenters. The Morgan fingerprint density at radius 2 is 2.19 bits per heavy atom. The van der Waals surface area contributed by atoms with Crippen molar-refractivity contribution in [1.82, 2.24) is 0 Å². The number of benzene rings is 1. The Kier molecular flexibility index (Phi) is 3.55. The van der Waals surface area contributed by atoms with Crippen molar-refractivity contribution >= 4 is 15.9 Å². The molecule has 0 amide bonds. The molecule has 0 heterocycles. The smallest absolute Gasteiger partial charge is 0.138 e. The van der Waals surface area contributed by atoms with E-state index >= 15 is 0 Å². The van der Waals surface area contributed by atoms with Gasteiger partial charge in [-0.3, -0.25) is 0 Å². The molecule has 2 N–H and O–H groups in total. The van der Waals surface area contributed by atoms with Crippen molar-refractivity contribution in [1.29, 1.82) is 0 Å². The summed E-state index contributed by atoms with van der Waals surface area (Å²) in [5.41, 5.74) is 8.27. The van der Waals surface area contributed by atoms with Crippen molar-refractivity contribution in [2.45, 2.75) is 32.7 Å². The number of rotatable bonds is 4. The first kappa shape index (κ1) is 11.9. The molecule has 88 valence electrons. The van der Waals surface area contributed by atoms with Crippen LogP contribution < -0.4 is 10.5 Å². The van der Waals surface area contributed by atoms with Gasteiger partial charge in [0.2, 0.25) is 0 Å². The molecule has 2 nitrogen and oxygen atoms in total. The van der Waals surface area contributed by atoms with Crippen molar-refractivity contribution in [3.8, 4) is 5.75 Å².